The van der Waals surface area contributed by atoms with Gasteiger partial charge in [0.25, 0.3) is 0 Å². The van der Waals surface area contributed by atoms with E-state index in [2.05, 4.69) is 15.7 Å². The Morgan fingerprint density at radius 2 is 2.25 bits per heavy atom. The fourth-order valence-electron chi connectivity index (χ4n) is 2.97. The second-order valence-electron chi connectivity index (χ2n) is 6.16. The molecule has 3 rings (SSSR count). The van der Waals surface area contributed by atoms with E-state index in [1.807, 2.05) is 6.92 Å². The number of aromatic nitrogens is 2. The molecule has 1 atom stereocenters. The summed E-state index contributed by atoms with van der Waals surface area (Å²) < 4.78 is 7.14. The lowest BCUT2D eigenvalue weighted by Gasteiger charge is -2.13. The number of ether oxygens (including phenoxy) is 1. The van der Waals surface area contributed by atoms with Crippen molar-refractivity contribution in [1.82, 2.24) is 15.1 Å². The molecule has 0 radical (unpaired) electrons. The van der Waals surface area contributed by atoms with Gasteiger partial charge in [0, 0.05) is 36.6 Å². The van der Waals surface area contributed by atoms with Gasteiger partial charge in [-0.25, -0.2) is 4.68 Å². The number of thioether (sulfide) groups is 1. The van der Waals surface area contributed by atoms with E-state index in [0.29, 0.717) is 18.8 Å². The predicted molar refractivity (Wildman–Crippen MR) is 92.7 cm³/mol. The second kappa shape index (κ2) is 8.02. The number of anilines is 1. The Morgan fingerprint density at radius 3 is 3.00 bits per heavy atom. The van der Waals surface area contributed by atoms with E-state index in [4.69, 9.17) is 4.74 Å². The summed E-state index contributed by atoms with van der Waals surface area (Å²) in [7, 11) is 0. The van der Waals surface area contributed by atoms with Crippen LogP contribution >= 0.6 is 11.8 Å². The smallest absolute Gasteiger partial charge is 0.241 e. The molecular formula is C16H24N4O3S. The van der Waals surface area contributed by atoms with Crippen LogP contribution < -0.4 is 10.6 Å². The maximum Gasteiger partial charge on any atom is 0.241 e. The Bertz CT molecular complexity index is 611. The molecule has 1 unspecified atom stereocenters. The highest BCUT2D eigenvalue weighted by atomic mass is 32.2. The lowest BCUT2D eigenvalue weighted by atomic mass is 10.2. The number of rotatable bonds is 7. The number of carbonyl (C=O) groups excluding carboxylic acids is 2. The number of hydrogen-bond acceptors (Lipinski definition) is 5. The van der Waals surface area contributed by atoms with Crippen LogP contribution in [-0.4, -0.2) is 40.9 Å². The lowest BCUT2D eigenvalue weighted by Crippen LogP contribution is -2.34. The molecule has 3 heterocycles. The topological polar surface area (TPSA) is 85.2 Å². The summed E-state index contributed by atoms with van der Waals surface area (Å²) in [6, 6.07) is 0. The first-order chi connectivity index (χ1) is 11.7. The molecule has 132 valence electrons. The lowest BCUT2D eigenvalue weighted by molar-refractivity contribution is -0.122. The zero-order chi connectivity index (χ0) is 16.9. The zero-order valence-corrected chi connectivity index (χ0v) is 14.8. The average molecular weight is 352 g/mol. The molecule has 0 bridgehead atoms. The minimum atomic E-state index is -0.106. The van der Waals surface area contributed by atoms with Gasteiger partial charge in [-0.15, -0.1) is 0 Å². The van der Waals surface area contributed by atoms with Gasteiger partial charge >= 0.3 is 0 Å². The quantitative estimate of drug-likeness (QED) is 0.780. The fraction of sp³-hybridized carbons (Fsp3) is 0.688. The summed E-state index contributed by atoms with van der Waals surface area (Å²) in [6.45, 7) is 3.40. The van der Waals surface area contributed by atoms with E-state index >= 15 is 0 Å². The highest BCUT2D eigenvalue weighted by molar-refractivity contribution is 7.98. The minimum Gasteiger partial charge on any atom is -0.376 e. The summed E-state index contributed by atoms with van der Waals surface area (Å²) in [5.74, 6) is 2.20. The maximum absolute atomic E-state index is 12.2. The van der Waals surface area contributed by atoms with Crippen LogP contribution in [-0.2, 0) is 32.4 Å². The fourth-order valence-corrected chi connectivity index (χ4v) is 4.00. The van der Waals surface area contributed by atoms with E-state index in [9.17, 15) is 9.59 Å². The molecule has 0 aliphatic carbocycles. The number of amides is 2. The number of hydrogen-bond donors (Lipinski definition) is 2. The molecule has 0 saturated carbocycles. The first-order valence-corrected chi connectivity index (χ1v) is 9.67. The molecule has 7 nitrogen and oxygen atoms in total. The van der Waals surface area contributed by atoms with Crippen LogP contribution in [0, 0.1) is 0 Å². The van der Waals surface area contributed by atoms with E-state index in [-0.39, 0.29) is 24.5 Å². The van der Waals surface area contributed by atoms with Crippen molar-refractivity contribution in [1.29, 1.82) is 0 Å². The third-order valence-corrected chi connectivity index (χ3v) is 5.17. The molecule has 0 spiro atoms. The molecule has 1 saturated heterocycles. The Kier molecular flexibility index (Phi) is 5.78. The van der Waals surface area contributed by atoms with Crippen LogP contribution in [0.1, 0.15) is 43.9 Å². The van der Waals surface area contributed by atoms with Gasteiger partial charge in [0.05, 0.1) is 11.8 Å². The minimum absolute atomic E-state index is 0.0295. The van der Waals surface area contributed by atoms with Crippen LogP contribution in [0.5, 0.6) is 0 Å². The molecule has 0 aromatic carbocycles. The van der Waals surface area contributed by atoms with E-state index in [0.717, 1.165) is 48.6 Å². The van der Waals surface area contributed by atoms with Crippen molar-refractivity contribution in [3.8, 4) is 0 Å². The summed E-state index contributed by atoms with van der Waals surface area (Å²) in [4.78, 5) is 24.2. The summed E-state index contributed by atoms with van der Waals surface area (Å²) >= 11 is 1.77. The molecule has 2 N–H and O–H groups in total. The van der Waals surface area contributed by atoms with Crippen molar-refractivity contribution >= 4 is 29.4 Å². The predicted octanol–water partition coefficient (Wildman–Crippen LogP) is 1.66. The van der Waals surface area contributed by atoms with Gasteiger partial charge in [-0.2, -0.15) is 16.9 Å². The van der Waals surface area contributed by atoms with Gasteiger partial charge in [0.15, 0.2) is 0 Å². The standard InChI is InChI=1S/C16H24N4O3S/c1-2-4-14(21)18-16-12-9-24-10-13(12)19-20(16)8-15(22)17-7-11-5-3-6-23-11/h11H,2-10H2,1H3,(H,17,22)(H,18,21). The SMILES string of the molecule is CCCC(=O)Nc1c2c(nn1CC(=O)NCC1CCCO1)CSC2. The normalized spacial score (nSPS) is 19.3. The van der Waals surface area contributed by atoms with Crippen molar-refractivity contribution < 1.29 is 14.3 Å². The van der Waals surface area contributed by atoms with Crippen LogP contribution in [0.15, 0.2) is 0 Å². The van der Waals surface area contributed by atoms with Gasteiger partial charge in [-0.05, 0) is 19.3 Å². The summed E-state index contributed by atoms with van der Waals surface area (Å²) in [6.07, 6.45) is 3.43. The van der Waals surface area contributed by atoms with Gasteiger partial charge in [0.2, 0.25) is 11.8 Å². The van der Waals surface area contributed by atoms with Crippen LogP contribution in [0.25, 0.3) is 0 Å². The van der Waals surface area contributed by atoms with Crippen LogP contribution in [0.3, 0.4) is 0 Å². The monoisotopic (exact) mass is 352 g/mol. The average Bonchev–Trinajstić information content (AvgIpc) is 3.26. The Balaban J connectivity index is 1.63. The molecule has 8 heteroatoms. The number of nitrogens with zero attached hydrogens (tertiary/aromatic N) is 2. The third-order valence-electron chi connectivity index (χ3n) is 4.20. The van der Waals surface area contributed by atoms with Gasteiger partial charge in [0.1, 0.15) is 12.4 Å². The van der Waals surface area contributed by atoms with Gasteiger partial charge in [-0.1, -0.05) is 6.92 Å². The third kappa shape index (κ3) is 4.10. The van der Waals surface area contributed by atoms with Crippen molar-refractivity contribution in [2.75, 3.05) is 18.5 Å². The van der Waals surface area contributed by atoms with E-state index < -0.39 is 0 Å². The second-order valence-corrected chi connectivity index (χ2v) is 7.15. The van der Waals surface area contributed by atoms with Crippen molar-refractivity contribution in [2.45, 2.75) is 56.8 Å². The number of nitrogens with one attached hydrogen (secondary N) is 2. The molecular weight excluding hydrogens is 328 g/mol. The first-order valence-electron chi connectivity index (χ1n) is 8.51. The highest BCUT2D eigenvalue weighted by Crippen LogP contribution is 2.34. The molecule has 2 aliphatic rings. The van der Waals surface area contributed by atoms with Crippen molar-refractivity contribution in [2.24, 2.45) is 0 Å². The molecule has 2 aliphatic heterocycles. The number of fused-ring (bicyclic) bond motifs is 1. The zero-order valence-electron chi connectivity index (χ0n) is 14.0. The van der Waals surface area contributed by atoms with Crippen molar-refractivity contribution in [3.63, 3.8) is 0 Å². The highest BCUT2D eigenvalue weighted by Gasteiger charge is 2.25. The maximum atomic E-state index is 12.2. The van der Waals surface area contributed by atoms with Crippen LogP contribution in [0.4, 0.5) is 5.82 Å². The van der Waals surface area contributed by atoms with E-state index in [1.165, 1.54) is 0 Å². The molecule has 1 aromatic heterocycles. The molecule has 24 heavy (non-hydrogen) atoms. The Morgan fingerprint density at radius 1 is 1.38 bits per heavy atom. The summed E-state index contributed by atoms with van der Waals surface area (Å²) in [5, 5.41) is 10.4. The molecule has 2 amide bonds. The Labute approximate surface area is 145 Å². The molecule has 1 aromatic rings. The van der Waals surface area contributed by atoms with Gasteiger partial charge < -0.3 is 15.4 Å². The number of carbonyl (C=O) groups is 2. The summed E-state index contributed by atoms with van der Waals surface area (Å²) in [5.41, 5.74) is 2.02. The largest absolute Gasteiger partial charge is 0.376 e. The van der Waals surface area contributed by atoms with Gasteiger partial charge in [-0.3, -0.25) is 9.59 Å². The van der Waals surface area contributed by atoms with E-state index in [1.54, 1.807) is 16.4 Å². The Hall–Kier alpha value is -1.54. The van der Waals surface area contributed by atoms with Crippen molar-refractivity contribution in [3.05, 3.63) is 11.3 Å². The molecule has 1 fully saturated rings. The van der Waals surface area contributed by atoms with Crippen LogP contribution in [0.2, 0.25) is 0 Å². The first kappa shape index (κ1) is 17.3.